The van der Waals surface area contributed by atoms with Crippen LogP contribution in [0.2, 0.25) is 0 Å². The zero-order valence-corrected chi connectivity index (χ0v) is 11.2. The van der Waals surface area contributed by atoms with Gasteiger partial charge in [0.25, 0.3) is 0 Å². The Bertz CT molecular complexity index is 300. The van der Waals surface area contributed by atoms with Crippen molar-refractivity contribution in [3.05, 3.63) is 0 Å². The maximum atomic E-state index is 11.5. The van der Waals surface area contributed by atoms with E-state index in [9.17, 15) is 8.42 Å². The second-order valence-electron chi connectivity index (χ2n) is 4.80. The van der Waals surface area contributed by atoms with E-state index < -0.39 is 10.0 Å². The standard InChI is InChI=1S/C11H23NO3S/c1-4-7-16(13,14)12-8-10-5-6-15-11(10)9(2)3/h9-12H,4-8H2,1-3H3/t10-,11-/m1/s1. The predicted octanol–water partition coefficient (Wildman–Crippen LogP) is 1.38. The number of hydrogen-bond donors (Lipinski definition) is 1. The quantitative estimate of drug-likeness (QED) is 0.773. The lowest BCUT2D eigenvalue weighted by atomic mass is 9.93. The molecule has 0 aromatic heterocycles. The maximum absolute atomic E-state index is 11.5. The monoisotopic (exact) mass is 249 g/mol. The minimum atomic E-state index is -3.07. The number of nitrogens with one attached hydrogen (secondary N) is 1. The SMILES string of the molecule is CCCS(=O)(=O)NC[C@H]1CCO[C@@H]1C(C)C. The summed E-state index contributed by atoms with van der Waals surface area (Å²) < 4.78 is 31.3. The minimum absolute atomic E-state index is 0.198. The van der Waals surface area contributed by atoms with Gasteiger partial charge in [0.1, 0.15) is 0 Å². The highest BCUT2D eigenvalue weighted by molar-refractivity contribution is 7.89. The average Bonchev–Trinajstić information content (AvgIpc) is 2.62. The molecule has 1 heterocycles. The lowest BCUT2D eigenvalue weighted by Gasteiger charge is -2.22. The number of ether oxygens (including phenoxy) is 1. The third-order valence-electron chi connectivity index (χ3n) is 2.96. The summed E-state index contributed by atoms with van der Waals surface area (Å²) in [5.41, 5.74) is 0. The Morgan fingerprint density at radius 3 is 2.69 bits per heavy atom. The van der Waals surface area contributed by atoms with Gasteiger partial charge in [0.05, 0.1) is 11.9 Å². The topological polar surface area (TPSA) is 55.4 Å². The van der Waals surface area contributed by atoms with Crippen LogP contribution in [0.25, 0.3) is 0 Å². The largest absolute Gasteiger partial charge is 0.378 e. The Morgan fingerprint density at radius 1 is 1.44 bits per heavy atom. The normalized spacial score (nSPS) is 26.5. The van der Waals surface area contributed by atoms with Crippen molar-refractivity contribution in [2.75, 3.05) is 18.9 Å². The Kier molecular flexibility index (Phi) is 5.21. The van der Waals surface area contributed by atoms with Crippen LogP contribution >= 0.6 is 0 Å². The van der Waals surface area contributed by atoms with Crippen molar-refractivity contribution in [2.24, 2.45) is 11.8 Å². The summed E-state index contributed by atoms with van der Waals surface area (Å²) in [4.78, 5) is 0. The van der Waals surface area contributed by atoms with Crippen LogP contribution in [0.3, 0.4) is 0 Å². The fraction of sp³-hybridized carbons (Fsp3) is 1.00. The van der Waals surface area contributed by atoms with E-state index in [1.807, 2.05) is 6.92 Å². The first kappa shape index (κ1) is 13.9. The van der Waals surface area contributed by atoms with Gasteiger partial charge in [-0.1, -0.05) is 20.8 Å². The molecule has 1 aliphatic heterocycles. The van der Waals surface area contributed by atoms with Crippen LogP contribution in [0.15, 0.2) is 0 Å². The molecule has 0 saturated carbocycles. The molecular weight excluding hydrogens is 226 g/mol. The lowest BCUT2D eigenvalue weighted by Crippen LogP contribution is -2.35. The van der Waals surface area contributed by atoms with Gasteiger partial charge in [0.2, 0.25) is 10.0 Å². The molecule has 96 valence electrons. The van der Waals surface area contributed by atoms with Gasteiger partial charge in [0, 0.05) is 19.1 Å². The van der Waals surface area contributed by atoms with Gasteiger partial charge in [-0.05, 0) is 18.8 Å². The molecule has 2 atom stereocenters. The molecule has 1 fully saturated rings. The van der Waals surface area contributed by atoms with Crippen molar-refractivity contribution in [3.8, 4) is 0 Å². The highest BCUT2D eigenvalue weighted by Gasteiger charge is 2.31. The Hall–Kier alpha value is -0.130. The molecule has 0 spiro atoms. The van der Waals surface area contributed by atoms with Crippen molar-refractivity contribution in [1.29, 1.82) is 0 Å². The predicted molar refractivity (Wildman–Crippen MR) is 64.8 cm³/mol. The van der Waals surface area contributed by atoms with E-state index in [0.29, 0.717) is 24.8 Å². The Balaban J connectivity index is 2.43. The molecule has 0 amide bonds. The molecular formula is C11H23NO3S. The van der Waals surface area contributed by atoms with Crippen molar-refractivity contribution in [1.82, 2.24) is 4.72 Å². The Morgan fingerprint density at radius 2 is 2.12 bits per heavy atom. The van der Waals surface area contributed by atoms with E-state index in [0.717, 1.165) is 13.0 Å². The van der Waals surface area contributed by atoms with Crippen molar-refractivity contribution in [2.45, 2.75) is 39.7 Å². The van der Waals surface area contributed by atoms with Gasteiger partial charge in [-0.3, -0.25) is 0 Å². The second-order valence-corrected chi connectivity index (χ2v) is 6.72. The van der Waals surface area contributed by atoms with E-state index in [1.54, 1.807) is 0 Å². The van der Waals surface area contributed by atoms with Crippen molar-refractivity contribution >= 4 is 10.0 Å². The third-order valence-corrected chi connectivity index (χ3v) is 4.51. The van der Waals surface area contributed by atoms with Crippen LogP contribution in [-0.4, -0.2) is 33.4 Å². The first-order valence-electron chi connectivity index (χ1n) is 6.05. The first-order chi connectivity index (χ1) is 7.46. The molecule has 0 aromatic carbocycles. The van der Waals surface area contributed by atoms with E-state index in [4.69, 9.17) is 4.74 Å². The molecule has 0 aliphatic carbocycles. The summed E-state index contributed by atoms with van der Waals surface area (Å²) in [6.45, 7) is 7.37. The number of rotatable bonds is 6. The van der Waals surface area contributed by atoms with Gasteiger partial charge < -0.3 is 4.74 Å². The fourth-order valence-electron chi connectivity index (χ4n) is 2.19. The summed E-state index contributed by atoms with van der Waals surface area (Å²) in [5, 5.41) is 0. The fourth-order valence-corrected chi connectivity index (χ4v) is 3.34. The molecule has 0 radical (unpaired) electrons. The van der Waals surface area contributed by atoms with Crippen LogP contribution in [0.5, 0.6) is 0 Å². The van der Waals surface area contributed by atoms with E-state index in [1.165, 1.54) is 0 Å². The van der Waals surface area contributed by atoms with E-state index in [2.05, 4.69) is 18.6 Å². The molecule has 5 heteroatoms. The Labute approximate surface area is 98.8 Å². The second kappa shape index (κ2) is 5.98. The summed E-state index contributed by atoms with van der Waals surface area (Å²) in [6, 6.07) is 0. The molecule has 1 N–H and O–H groups in total. The highest BCUT2D eigenvalue weighted by atomic mass is 32.2. The van der Waals surface area contributed by atoms with E-state index in [-0.39, 0.29) is 11.9 Å². The highest BCUT2D eigenvalue weighted by Crippen LogP contribution is 2.26. The van der Waals surface area contributed by atoms with Gasteiger partial charge >= 0.3 is 0 Å². The number of hydrogen-bond acceptors (Lipinski definition) is 3. The molecule has 1 saturated heterocycles. The van der Waals surface area contributed by atoms with Crippen LogP contribution in [-0.2, 0) is 14.8 Å². The van der Waals surface area contributed by atoms with Crippen molar-refractivity contribution < 1.29 is 13.2 Å². The van der Waals surface area contributed by atoms with E-state index >= 15 is 0 Å². The average molecular weight is 249 g/mol. The maximum Gasteiger partial charge on any atom is 0.211 e. The number of sulfonamides is 1. The van der Waals surface area contributed by atoms with Crippen LogP contribution in [0, 0.1) is 11.8 Å². The summed E-state index contributed by atoms with van der Waals surface area (Å²) >= 11 is 0. The molecule has 4 nitrogen and oxygen atoms in total. The van der Waals surface area contributed by atoms with Gasteiger partial charge in [-0.15, -0.1) is 0 Å². The van der Waals surface area contributed by atoms with Gasteiger partial charge in [-0.25, -0.2) is 13.1 Å². The summed E-state index contributed by atoms with van der Waals surface area (Å²) in [7, 11) is -3.07. The zero-order valence-electron chi connectivity index (χ0n) is 10.4. The lowest BCUT2D eigenvalue weighted by molar-refractivity contribution is 0.0551. The summed E-state index contributed by atoms with van der Waals surface area (Å²) in [6.07, 6.45) is 1.81. The minimum Gasteiger partial charge on any atom is -0.378 e. The zero-order chi connectivity index (χ0) is 12.2. The molecule has 0 bridgehead atoms. The molecule has 1 aliphatic rings. The molecule has 0 aromatic rings. The molecule has 0 unspecified atom stereocenters. The van der Waals surface area contributed by atoms with Crippen LogP contribution in [0.1, 0.15) is 33.6 Å². The van der Waals surface area contributed by atoms with Gasteiger partial charge in [0.15, 0.2) is 0 Å². The molecule has 1 rings (SSSR count). The molecule has 16 heavy (non-hydrogen) atoms. The van der Waals surface area contributed by atoms with Crippen molar-refractivity contribution in [3.63, 3.8) is 0 Å². The summed E-state index contributed by atoms with van der Waals surface area (Å²) in [5.74, 6) is 0.988. The van der Waals surface area contributed by atoms with Gasteiger partial charge in [-0.2, -0.15) is 0 Å². The van der Waals surface area contributed by atoms with Crippen LogP contribution in [0.4, 0.5) is 0 Å². The smallest absolute Gasteiger partial charge is 0.211 e. The third kappa shape index (κ3) is 4.03. The first-order valence-corrected chi connectivity index (χ1v) is 7.70. The van der Waals surface area contributed by atoms with Crippen LogP contribution < -0.4 is 4.72 Å².